The first-order chi connectivity index (χ1) is 14.2. The van der Waals surface area contributed by atoms with Crippen molar-refractivity contribution in [2.45, 2.75) is 24.8 Å². The third kappa shape index (κ3) is 7.90. The topological polar surface area (TPSA) is 122 Å². The maximum absolute atomic E-state index is 12.9. The molecule has 0 aromatic heterocycles. The van der Waals surface area contributed by atoms with E-state index in [9.17, 15) is 22.4 Å². The van der Waals surface area contributed by atoms with Gasteiger partial charge in [-0.1, -0.05) is 25.1 Å². The van der Waals surface area contributed by atoms with Crippen LogP contribution in [0, 0.1) is 5.82 Å². The van der Waals surface area contributed by atoms with Gasteiger partial charge in [0.2, 0.25) is 21.8 Å². The van der Waals surface area contributed by atoms with Crippen LogP contribution in [-0.2, 0) is 26.2 Å². The van der Waals surface area contributed by atoms with Crippen LogP contribution in [0.15, 0.2) is 53.4 Å². The number of hydrogen-bond acceptors (Lipinski definition) is 5. The molecule has 2 amide bonds. The second kappa shape index (κ2) is 10.8. The van der Waals surface area contributed by atoms with Crippen molar-refractivity contribution >= 4 is 27.5 Å². The Kier molecular flexibility index (Phi) is 8.46. The van der Waals surface area contributed by atoms with Gasteiger partial charge in [-0.15, -0.1) is 0 Å². The number of benzene rings is 2. The van der Waals surface area contributed by atoms with E-state index in [4.69, 9.17) is 5.14 Å². The highest BCUT2D eigenvalue weighted by Crippen LogP contribution is 2.14. The van der Waals surface area contributed by atoms with Crippen molar-refractivity contribution < 1.29 is 22.4 Å². The molecule has 4 N–H and O–H groups in total. The van der Waals surface area contributed by atoms with Crippen LogP contribution in [-0.4, -0.2) is 44.8 Å². The van der Waals surface area contributed by atoms with Crippen molar-refractivity contribution in [3.05, 3.63) is 59.9 Å². The summed E-state index contributed by atoms with van der Waals surface area (Å²) in [5.74, 6) is -0.855. The summed E-state index contributed by atoms with van der Waals surface area (Å²) in [6.45, 7) is 3.20. The van der Waals surface area contributed by atoms with E-state index in [0.717, 1.165) is 5.56 Å². The first-order valence-corrected chi connectivity index (χ1v) is 10.9. The summed E-state index contributed by atoms with van der Waals surface area (Å²) in [4.78, 5) is 26.0. The van der Waals surface area contributed by atoms with Crippen molar-refractivity contribution in [3.8, 4) is 0 Å². The first-order valence-electron chi connectivity index (χ1n) is 9.33. The van der Waals surface area contributed by atoms with Gasteiger partial charge in [0.25, 0.3) is 0 Å². The molecular weight excluding hydrogens is 411 g/mol. The zero-order valence-corrected chi connectivity index (χ0v) is 17.4. The van der Waals surface area contributed by atoms with Crippen LogP contribution in [0.4, 0.5) is 10.1 Å². The van der Waals surface area contributed by atoms with Crippen molar-refractivity contribution in [2.75, 3.05) is 25.0 Å². The van der Waals surface area contributed by atoms with E-state index in [2.05, 4.69) is 10.6 Å². The van der Waals surface area contributed by atoms with E-state index in [1.807, 2.05) is 6.92 Å². The van der Waals surface area contributed by atoms with Gasteiger partial charge in [0, 0.05) is 25.2 Å². The minimum absolute atomic E-state index is 0.0895. The molecule has 0 fully saturated rings. The Morgan fingerprint density at radius 1 is 1.10 bits per heavy atom. The largest absolute Gasteiger partial charge is 0.351 e. The fourth-order valence-corrected chi connectivity index (χ4v) is 3.20. The number of hydrogen-bond donors (Lipinski definition) is 3. The van der Waals surface area contributed by atoms with E-state index in [0.29, 0.717) is 18.8 Å². The smallest absolute Gasteiger partial charge is 0.238 e. The molecule has 10 heteroatoms. The Bertz CT molecular complexity index is 981. The molecule has 2 aromatic rings. The quantitative estimate of drug-likeness (QED) is 0.520. The molecule has 0 heterocycles. The van der Waals surface area contributed by atoms with Gasteiger partial charge in [-0.05, 0) is 42.4 Å². The third-order valence-corrected chi connectivity index (χ3v) is 5.23. The lowest BCUT2D eigenvalue weighted by Crippen LogP contribution is -2.38. The van der Waals surface area contributed by atoms with Gasteiger partial charge >= 0.3 is 0 Å². The maximum Gasteiger partial charge on any atom is 0.238 e. The molecular formula is C20H25FN4O4S. The molecule has 0 aliphatic heterocycles. The summed E-state index contributed by atoms with van der Waals surface area (Å²) in [6.07, 6.45) is 0.124. The Morgan fingerprint density at radius 3 is 2.43 bits per heavy atom. The number of carbonyl (C=O) groups excluding carboxylic acids is 2. The highest BCUT2D eigenvalue weighted by atomic mass is 32.2. The van der Waals surface area contributed by atoms with Gasteiger partial charge in [0.1, 0.15) is 5.82 Å². The second-order valence-electron chi connectivity index (χ2n) is 6.64. The van der Waals surface area contributed by atoms with Crippen LogP contribution in [0.2, 0.25) is 0 Å². The number of amides is 2. The average Bonchev–Trinajstić information content (AvgIpc) is 2.70. The lowest BCUT2D eigenvalue weighted by Gasteiger charge is -2.19. The lowest BCUT2D eigenvalue weighted by atomic mass is 10.2. The highest BCUT2D eigenvalue weighted by Gasteiger charge is 2.13. The van der Waals surface area contributed by atoms with Crippen molar-refractivity contribution in [3.63, 3.8) is 0 Å². The number of nitrogens with two attached hydrogens (primary N) is 1. The van der Waals surface area contributed by atoms with Crippen molar-refractivity contribution in [1.82, 2.24) is 10.2 Å². The standard InChI is InChI=1S/C20H25FN4O4S/c1-2-25(14-20(27)23-13-15-6-8-16(21)9-7-15)11-10-19(26)24-17-4-3-5-18(12-17)30(22,28)29/h3-9,12H,2,10-11,13-14H2,1H3,(H,23,27)(H,24,26)(H2,22,28,29). The minimum atomic E-state index is -3.85. The fraction of sp³-hybridized carbons (Fsp3) is 0.300. The number of sulfonamides is 1. The van der Waals surface area contributed by atoms with E-state index < -0.39 is 10.0 Å². The molecule has 162 valence electrons. The molecule has 0 unspecified atom stereocenters. The number of likely N-dealkylation sites (N-methyl/N-ethyl adjacent to an activating group) is 1. The van der Waals surface area contributed by atoms with E-state index in [1.165, 1.54) is 30.3 Å². The number of nitrogens with one attached hydrogen (secondary N) is 2. The summed E-state index contributed by atoms with van der Waals surface area (Å²) in [5, 5.41) is 10.5. The van der Waals surface area contributed by atoms with Gasteiger partial charge in [-0.3, -0.25) is 14.5 Å². The normalized spacial score (nSPS) is 11.3. The molecule has 2 rings (SSSR count). The second-order valence-corrected chi connectivity index (χ2v) is 8.20. The Morgan fingerprint density at radius 2 is 1.80 bits per heavy atom. The van der Waals surface area contributed by atoms with E-state index >= 15 is 0 Å². The van der Waals surface area contributed by atoms with Gasteiger partial charge in [0.15, 0.2) is 0 Å². The molecule has 2 aromatic carbocycles. The van der Waals surface area contributed by atoms with E-state index in [-0.39, 0.29) is 42.0 Å². The first kappa shape index (κ1) is 23.5. The molecule has 0 aliphatic rings. The lowest BCUT2D eigenvalue weighted by molar-refractivity contribution is -0.123. The fourth-order valence-electron chi connectivity index (χ4n) is 2.64. The number of carbonyl (C=O) groups is 2. The molecule has 0 bridgehead atoms. The van der Waals surface area contributed by atoms with Gasteiger partial charge in [0.05, 0.1) is 11.4 Å². The predicted octanol–water partition coefficient (Wildman–Crippen LogP) is 1.44. The van der Waals surface area contributed by atoms with Crippen LogP contribution in [0.5, 0.6) is 0 Å². The molecule has 0 atom stereocenters. The summed E-state index contributed by atoms with van der Waals surface area (Å²) in [7, 11) is -3.85. The molecule has 0 radical (unpaired) electrons. The molecule has 8 nitrogen and oxygen atoms in total. The summed E-state index contributed by atoms with van der Waals surface area (Å²) in [6, 6.07) is 11.5. The predicted molar refractivity (Wildman–Crippen MR) is 111 cm³/mol. The van der Waals surface area contributed by atoms with Crippen LogP contribution in [0.3, 0.4) is 0 Å². The van der Waals surface area contributed by atoms with Crippen LogP contribution >= 0.6 is 0 Å². The number of anilines is 1. The van der Waals surface area contributed by atoms with Gasteiger partial charge < -0.3 is 10.6 Å². The van der Waals surface area contributed by atoms with E-state index in [1.54, 1.807) is 23.1 Å². The monoisotopic (exact) mass is 436 g/mol. The summed E-state index contributed by atoms with van der Waals surface area (Å²) in [5.41, 5.74) is 1.11. The number of nitrogens with zero attached hydrogens (tertiary/aromatic N) is 1. The maximum atomic E-state index is 12.9. The van der Waals surface area contributed by atoms with Crippen LogP contribution < -0.4 is 15.8 Å². The summed E-state index contributed by atoms with van der Waals surface area (Å²) < 4.78 is 35.7. The molecule has 0 spiro atoms. The zero-order chi connectivity index (χ0) is 22.1. The van der Waals surface area contributed by atoms with Crippen molar-refractivity contribution in [1.29, 1.82) is 0 Å². The highest BCUT2D eigenvalue weighted by molar-refractivity contribution is 7.89. The van der Waals surface area contributed by atoms with Crippen molar-refractivity contribution in [2.24, 2.45) is 5.14 Å². The SMILES string of the molecule is CCN(CCC(=O)Nc1cccc(S(N)(=O)=O)c1)CC(=O)NCc1ccc(F)cc1. The Balaban J connectivity index is 1.79. The Labute approximate surface area is 175 Å². The minimum Gasteiger partial charge on any atom is -0.351 e. The number of halogens is 1. The molecule has 0 saturated heterocycles. The van der Waals surface area contributed by atoms with Gasteiger partial charge in [-0.2, -0.15) is 0 Å². The Hall–Kier alpha value is -2.82. The number of primary sulfonamides is 1. The summed E-state index contributed by atoms with van der Waals surface area (Å²) >= 11 is 0. The molecule has 0 saturated carbocycles. The average molecular weight is 437 g/mol. The van der Waals surface area contributed by atoms with Crippen LogP contribution in [0.1, 0.15) is 18.9 Å². The van der Waals surface area contributed by atoms with Crippen LogP contribution in [0.25, 0.3) is 0 Å². The molecule has 30 heavy (non-hydrogen) atoms. The third-order valence-electron chi connectivity index (χ3n) is 4.32. The molecule has 0 aliphatic carbocycles. The number of rotatable bonds is 10. The zero-order valence-electron chi connectivity index (χ0n) is 16.6. The van der Waals surface area contributed by atoms with Gasteiger partial charge in [-0.25, -0.2) is 17.9 Å².